The number of aromatic nitrogens is 1. The van der Waals surface area contributed by atoms with Gasteiger partial charge in [0.1, 0.15) is 11.5 Å². The number of methoxy groups -OCH3 is 1. The predicted octanol–water partition coefficient (Wildman–Crippen LogP) is 3.84. The number of sulfone groups is 1. The number of benzene rings is 3. The summed E-state index contributed by atoms with van der Waals surface area (Å²) in [6.07, 6.45) is -1.13. The molecule has 1 atom stereocenters. The monoisotopic (exact) mass is 542 g/mol. The lowest BCUT2D eigenvalue weighted by atomic mass is 10.1. The summed E-state index contributed by atoms with van der Waals surface area (Å²) in [5, 5.41) is 22.2. The first-order valence-electron chi connectivity index (χ1n) is 11.4. The first kappa shape index (κ1) is 26.6. The Labute approximate surface area is 218 Å². The van der Waals surface area contributed by atoms with Crippen LogP contribution >= 0.6 is 11.3 Å². The minimum atomic E-state index is -3.41. The first-order chi connectivity index (χ1) is 17.8. The molecule has 0 saturated carbocycles. The summed E-state index contributed by atoms with van der Waals surface area (Å²) in [6.45, 7) is 1.09. The van der Waals surface area contributed by atoms with Crippen LogP contribution < -0.4 is 14.8 Å². The number of fused-ring (bicyclic) bond motifs is 1. The summed E-state index contributed by atoms with van der Waals surface area (Å²) in [5.74, 6) is 0.378. The van der Waals surface area contributed by atoms with Gasteiger partial charge in [0.05, 0.1) is 41.2 Å². The summed E-state index contributed by atoms with van der Waals surface area (Å²) in [4.78, 5) is 18.0. The highest BCUT2D eigenvalue weighted by molar-refractivity contribution is 7.91. The number of nitrogens with one attached hydrogen (secondary N) is 1. The maximum Gasteiger partial charge on any atom is 0.271 e. The van der Waals surface area contributed by atoms with E-state index in [9.17, 15) is 23.4 Å². The molecule has 1 heterocycles. The van der Waals surface area contributed by atoms with Gasteiger partial charge in [-0.2, -0.15) is 0 Å². The van der Waals surface area contributed by atoms with E-state index >= 15 is 0 Å². The van der Waals surface area contributed by atoms with E-state index < -0.39 is 21.8 Å². The van der Waals surface area contributed by atoms with Gasteiger partial charge in [0, 0.05) is 11.6 Å². The highest BCUT2D eigenvalue weighted by atomic mass is 32.2. The maximum absolute atomic E-state index is 13.4. The number of thiazole rings is 1. The van der Waals surface area contributed by atoms with E-state index in [0.717, 1.165) is 4.70 Å². The Morgan fingerprint density at radius 2 is 1.70 bits per heavy atom. The van der Waals surface area contributed by atoms with E-state index in [1.54, 1.807) is 55.5 Å². The summed E-state index contributed by atoms with van der Waals surface area (Å²) in [6, 6.07) is 16.2. The summed E-state index contributed by atoms with van der Waals surface area (Å²) >= 11 is 1.22. The molecule has 37 heavy (non-hydrogen) atoms. The predicted molar refractivity (Wildman–Crippen MR) is 141 cm³/mol. The minimum Gasteiger partial charge on any atom is -0.497 e. The number of hydrogen-bond donors (Lipinski definition) is 3. The second-order valence-corrected chi connectivity index (χ2v) is 11.4. The molecule has 194 valence electrons. The molecule has 3 N–H and O–H groups in total. The highest BCUT2D eigenvalue weighted by Gasteiger charge is 2.25. The van der Waals surface area contributed by atoms with E-state index in [0.29, 0.717) is 38.8 Å². The zero-order chi connectivity index (χ0) is 26.6. The number of rotatable bonds is 10. The minimum absolute atomic E-state index is 0.0375. The van der Waals surface area contributed by atoms with Crippen LogP contribution in [-0.2, 0) is 27.8 Å². The SMILES string of the molecule is CCS(=O)(=O)c1ccc(C(Oc2cccc(OC)c2)C(=O)Nc2nc3cc(CO)c(CO)cc3s2)cc1. The molecular weight excluding hydrogens is 516 g/mol. The number of carbonyl (C=O) groups excluding carboxylic acids is 1. The third kappa shape index (κ3) is 5.91. The summed E-state index contributed by atoms with van der Waals surface area (Å²) < 4.78 is 36.5. The third-order valence-corrected chi connectivity index (χ3v) is 8.42. The lowest BCUT2D eigenvalue weighted by Crippen LogP contribution is -2.25. The molecule has 0 radical (unpaired) electrons. The van der Waals surface area contributed by atoms with E-state index in [-0.39, 0.29) is 23.9 Å². The second kappa shape index (κ2) is 11.3. The van der Waals surface area contributed by atoms with Crippen molar-refractivity contribution in [1.29, 1.82) is 0 Å². The number of ether oxygens (including phenoxy) is 2. The standard InChI is InChI=1S/C26H26N2O7S2/c1-3-37(32,33)21-9-7-16(8-10-21)24(35-20-6-4-5-19(13-20)34-2)25(31)28-26-27-22-11-17(14-29)18(15-30)12-23(22)36-26/h4-13,24,29-30H,3,14-15H2,1-2H3,(H,27,28,31). The fraction of sp³-hybridized carbons (Fsp3) is 0.231. The normalized spacial score (nSPS) is 12.3. The van der Waals surface area contributed by atoms with Gasteiger partial charge in [-0.3, -0.25) is 10.1 Å². The van der Waals surface area contributed by atoms with E-state index in [2.05, 4.69) is 10.3 Å². The Morgan fingerprint density at radius 3 is 2.35 bits per heavy atom. The molecular formula is C26H26N2O7S2. The van der Waals surface area contributed by atoms with Crippen LogP contribution in [0.4, 0.5) is 5.13 Å². The van der Waals surface area contributed by atoms with Gasteiger partial charge in [-0.05, 0) is 47.5 Å². The first-order valence-corrected chi connectivity index (χ1v) is 13.8. The fourth-order valence-corrected chi connectivity index (χ4v) is 5.48. The van der Waals surface area contributed by atoms with Crippen molar-refractivity contribution >= 4 is 42.4 Å². The van der Waals surface area contributed by atoms with Gasteiger partial charge < -0.3 is 19.7 Å². The molecule has 11 heteroatoms. The lowest BCUT2D eigenvalue weighted by molar-refractivity contribution is -0.123. The van der Waals surface area contributed by atoms with Crippen molar-refractivity contribution in [2.75, 3.05) is 18.2 Å². The van der Waals surface area contributed by atoms with Gasteiger partial charge in [-0.15, -0.1) is 0 Å². The molecule has 4 rings (SSSR count). The Balaban J connectivity index is 1.67. The van der Waals surface area contributed by atoms with Crippen LogP contribution in [0, 0.1) is 0 Å². The zero-order valence-electron chi connectivity index (χ0n) is 20.2. The van der Waals surface area contributed by atoms with Crippen LogP contribution in [0.5, 0.6) is 11.5 Å². The average Bonchev–Trinajstić information content (AvgIpc) is 3.31. The van der Waals surface area contributed by atoms with E-state index in [1.807, 2.05) is 0 Å². The highest BCUT2D eigenvalue weighted by Crippen LogP contribution is 2.31. The number of aliphatic hydroxyl groups excluding tert-OH is 2. The van der Waals surface area contributed by atoms with Crippen molar-refractivity contribution in [3.8, 4) is 11.5 Å². The van der Waals surface area contributed by atoms with E-state index in [4.69, 9.17) is 9.47 Å². The molecule has 0 aliphatic rings. The Bertz CT molecular complexity index is 1470. The largest absolute Gasteiger partial charge is 0.497 e. The van der Waals surface area contributed by atoms with Crippen molar-refractivity contribution in [3.63, 3.8) is 0 Å². The fourth-order valence-electron chi connectivity index (χ4n) is 3.68. The van der Waals surface area contributed by atoms with Crippen molar-refractivity contribution in [2.45, 2.75) is 31.1 Å². The molecule has 0 spiro atoms. The van der Waals surface area contributed by atoms with Crippen LogP contribution in [0.3, 0.4) is 0 Å². The van der Waals surface area contributed by atoms with Gasteiger partial charge in [-0.1, -0.05) is 36.5 Å². The zero-order valence-corrected chi connectivity index (χ0v) is 21.8. The number of anilines is 1. The number of aliphatic hydroxyl groups is 2. The van der Waals surface area contributed by atoms with Crippen LogP contribution in [-0.4, -0.2) is 42.4 Å². The molecule has 0 bridgehead atoms. The van der Waals surface area contributed by atoms with Gasteiger partial charge in [0.15, 0.2) is 15.0 Å². The summed E-state index contributed by atoms with van der Waals surface area (Å²) in [5.41, 5.74) is 2.15. The number of nitrogens with zero attached hydrogens (tertiary/aromatic N) is 1. The van der Waals surface area contributed by atoms with Crippen LogP contribution in [0.15, 0.2) is 65.6 Å². The third-order valence-electron chi connectivity index (χ3n) is 5.74. The van der Waals surface area contributed by atoms with Crippen LogP contribution in [0.25, 0.3) is 10.2 Å². The van der Waals surface area contributed by atoms with Crippen molar-refractivity contribution in [3.05, 3.63) is 77.4 Å². The Kier molecular flexibility index (Phi) is 8.08. The topological polar surface area (TPSA) is 135 Å². The number of hydrogen-bond acceptors (Lipinski definition) is 9. The quantitative estimate of drug-likeness (QED) is 0.275. The molecule has 0 saturated heterocycles. The molecule has 9 nitrogen and oxygen atoms in total. The van der Waals surface area contributed by atoms with Crippen molar-refractivity contribution in [1.82, 2.24) is 4.98 Å². The van der Waals surface area contributed by atoms with Crippen molar-refractivity contribution < 1.29 is 32.9 Å². The molecule has 4 aromatic rings. The van der Waals surface area contributed by atoms with Gasteiger partial charge in [-0.25, -0.2) is 13.4 Å². The van der Waals surface area contributed by atoms with Gasteiger partial charge >= 0.3 is 0 Å². The molecule has 0 aliphatic heterocycles. The van der Waals surface area contributed by atoms with Gasteiger partial charge in [0.2, 0.25) is 6.10 Å². The lowest BCUT2D eigenvalue weighted by Gasteiger charge is -2.19. The maximum atomic E-state index is 13.4. The molecule has 3 aromatic carbocycles. The second-order valence-electron chi connectivity index (χ2n) is 8.06. The Morgan fingerprint density at radius 1 is 1.03 bits per heavy atom. The van der Waals surface area contributed by atoms with Gasteiger partial charge in [0.25, 0.3) is 5.91 Å². The van der Waals surface area contributed by atoms with Crippen LogP contribution in [0.2, 0.25) is 0 Å². The molecule has 0 aliphatic carbocycles. The molecule has 1 aromatic heterocycles. The molecule has 0 fully saturated rings. The summed E-state index contributed by atoms with van der Waals surface area (Å²) in [7, 11) is -1.88. The van der Waals surface area contributed by atoms with Crippen molar-refractivity contribution in [2.24, 2.45) is 0 Å². The van der Waals surface area contributed by atoms with E-state index in [1.165, 1.54) is 30.6 Å². The number of amides is 1. The molecule has 1 amide bonds. The van der Waals surface area contributed by atoms with Crippen LogP contribution in [0.1, 0.15) is 29.7 Å². The average molecular weight is 543 g/mol. The number of carbonyl (C=O) groups is 1. The smallest absolute Gasteiger partial charge is 0.271 e. The Hall–Kier alpha value is -3.51. The molecule has 1 unspecified atom stereocenters.